The van der Waals surface area contributed by atoms with Gasteiger partial charge in [0, 0.05) is 20.0 Å². The summed E-state index contributed by atoms with van der Waals surface area (Å²) < 4.78 is 29.4. The van der Waals surface area contributed by atoms with Crippen LogP contribution < -0.4 is 0 Å². The Bertz CT molecular complexity index is 770. The third-order valence-corrected chi connectivity index (χ3v) is 8.29. The summed E-state index contributed by atoms with van der Waals surface area (Å²) in [5.74, 6) is -0.173. The molecule has 0 aromatic heterocycles. The molecule has 0 amide bonds. The predicted octanol–water partition coefficient (Wildman–Crippen LogP) is 6.07. The highest BCUT2D eigenvalue weighted by Gasteiger charge is 2.72. The molecule has 1 unspecified atom stereocenters. The maximum atomic E-state index is 12.7. The Morgan fingerprint density at radius 2 is 1.65 bits per heavy atom. The van der Waals surface area contributed by atoms with Crippen molar-refractivity contribution in [2.75, 3.05) is 20.3 Å². The maximum Gasteiger partial charge on any atom is 0.306 e. The molecule has 0 aromatic rings. The Labute approximate surface area is 224 Å². The van der Waals surface area contributed by atoms with Gasteiger partial charge in [-0.25, -0.2) is 0 Å². The summed E-state index contributed by atoms with van der Waals surface area (Å²) in [6, 6.07) is 0. The van der Waals surface area contributed by atoms with Gasteiger partial charge in [-0.05, 0) is 59.3 Å². The monoisotopic (exact) mass is 522 g/mol. The molecule has 1 aliphatic carbocycles. The normalized spacial score (nSPS) is 32.1. The Morgan fingerprint density at radius 3 is 2.24 bits per heavy atom. The molecule has 0 bridgehead atoms. The number of ether oxygens (including phenoxy) is 5. The molecule has 7 nitrogen and oxygen atoms in total. The summed E-state index contributed by atoms with van der Waals surface area (Å²) >= 11 is 0. The highest BCUT2D eigenvalue weighted by Crippen LogP contribution is 2.59. The number of epoxide rings is 2. The van der Waals surface area contributed by atoms with Crippen LogP contribution in [-0.4, -0.2) is 61.8 Å². The van der Waals surface area contributed by atoms with E-state index in [-0.39, 0.29) is 47.4 Å². The van der Waals surface area contributed by atoms with E-state index < -0.39 is 0 Å². The smallest absolute Gasteiger partial charge is 0.306 e. The van der Waals surface area contributed by atoms with Crippen molar-refractivity contribution >= 4 is 11.9 Å². The van der Waals surface area contributed by atoms with Crippen molar-refractivity contribution < 1.29 is 33.3 Å². The number of carbonyl (C=O) groups excluding carboxylic acids is 2. The number of rotatable bonds is 17. The third-order valence-electron chi connectivity index (χ3n) is 8.29. The van der Waals surface area contributed by atoms with Crippen LogP contribution in [0.25, 0.3) is 0 Å². The van der Waals surface area contributed by atoms with Crippen molar-refractivity contribution in [3.8, 4) is 0 Å². The molecule has 3 fully saturated rings. The van der Waals surface area contributed by atoms with Crippen LogP contribution in [0.3, 0.4) is 0 Å². The molecule has 0 aromatic carbocycles. The van der Waals surface area contributed by atoms with E-state index in [0.717, 1.165) is 77.2 Å². The molecule has 1 spiro atoms. The van der Waals surface area contributed by atoms with E-state index in [9.17, 15) is 9.59 Å². The lowest BCUT2D eigenvalue weighted by Gasteiger charge is -2.42. The number of allylic oxidation sites excluding steroid dienone is 1. The van der Waals surface area contributed by atoms with Gasteiger partial charge in [-0.3, -0.25) is 9.59 Å². The fourth-order valence-electron chi connectivity index (χ4n) is 5.95. The molecule has 1 saturated carbocycles. The van der Waals surface area contributed by atoms with Crippen molar-refractivity contribution in [1.82, 2.24) is 0 Å². The minimum atomic E-state index is -0.319. The van der Waals surface area contributed by atoms with E-state index in [0.29, 0.717) is 19.4 Å². The number of unbranched alkanes of at least 4 members (excludes halogenated alkanes) is 6. The number of hydrogen-bond donors (Lipinski definition) is 0. The summed E-state index contributed by atoms with van der Waals surface area (Å²) in [5, 5.41) is 0. The first-order chi connectivity index (χ1) is 17.8. The van der Waals surface area contributed by atoms with Gasteiger partial charge in [0.15, 0.2) is 0 Å². The number of hydrogen-bond acceptors (Lipinski definition) is 7. The third kappa shape index (κ3) is 8.52. The van der Waals surface area contributed by atoms with E-state index in [2.05, 4.69) is 33.8 Å². The summed E-state index contributed by atoms with van der Waals surface area (Å²) in [5.41, 5.74) is 0.765. The van der Waals surface area contributed by atoms with Gasteiger partial charge < -0.3 is 23.7 Å². The molecule has 37 heavy (non-hydrogen) atoms. The van der Waals surface area contributed by atoms with Crippen LogP contribution in [0.1, 0.15) is 111 Å². The van der Waals surface area contributed by atoms with Gasteiger partial charge in [-0.2, -0.15) is 0 Å². The van der Waals surface area contributed by atoms with Gasteiger partial charge in [0.25, 0.3) is 0 Å². The standard InChI is InChI=1S/C30H50O7/c1-6-7-20-34-25(31)14-12-10-8-9-11-13-15-26(32)36-23-18-19-30(21-35-30)28(27(23)33-5)29(4)24(37-29)17-16-22(2)3/h16,23-24,27-28H,6-15,17-21H2,1-5H3/t23-,24-,27-,28-,29?,30+/m1/s1. The minimum Gasteiger partial charge on any atom is -0.466 e. The van der Waals surface area contributed by atoms with E-state index in [1.807, 2.05) is 0 Å². The highest BCUT2D eigenvalue weighted by molar-refractivity contribution is 5.69. The van der Waals surface area contributed by atoms with Crippen LogP contribution in [0.2, 0.25) is 0 Å². The Hall–Kier alpha value is -1.44. The summed E-state index contributed by atoms with van der Waals surface area (Å²) in [6.07, 6.45) is 13.1. The van der Waals surface area contributed by atoms with Crippen molar-refractivity contribution in [1.29, 1.82) is 0 Å². The van der Waals surface area contributed by atoms with Gasteiger partial charge in [-0.15, -0.1) is 0 Å². The molecule has 0 radical (unpaired) electrons. The van der Waals surface area contributed by atoms with Crippen LogP contribution in [0.4, 0.5) is 0 Å². The molecular formula is C30H50O7. The molecule has 3 rings (SSSR count). The average molecular weight is 523 g/mol. The lowest BCUT2D eigenvalue weighted by Crippen LogP contribution is -2.55. The van der Waals surface area contributed by atoms with Crippen LogP contribution in [0.5, 0.6) is 0 Å². The predicted molar refractivity (Wildman–Crippen MR) is 142 cm³/mol. The van der Waals surface area contributed by atoms with E-state index >= 15 is 0 Å². The van der Waals surface area contributed by atoms with Gasteiger partial charge in [0.05, 0.1) is 25.2 Å². The average Bonchev–Trinajstić information content (AvgIpc) is 3.77. The Balaban J connectivity index is 1.35. The first-order valence-corrected chi connectivity index (χ1v) is 14.6. The zero-order valence-electron chi connectivity index (χ0n) is 23.9. The maximum absolute atomic E-state index is 12.7. The molecule has 0 N–H and O–H groups in total. The highest BCUT2D eigenvalue weighted by atomic mass is 16.6. The molecule has 3 aliphatic rings. The van der Waals surface area contributed by atoms with Crippen LogP contribution in [-0.2, 0) is 33.3 Å². The van der Waals surface area contributed by atoms with E-state index in [4.69, 9.17) is 23.7 Å². The van der Waals surface area contributed by atoms with E-state index in [1.165, 1.54) is 5.57 Å². The van der Waals surface area contributed by atoms with Crippen molar-refractivity contribution in [2.45, 2.75) is 141 Å². The summed E-state index contributed by atoms with van der Waals surface area (Å²) in [4.78, 5) is 24.3. The molecule has 6 atom stereocenters. The summed E-state index contributed by atoms with van der Waals surface area (Å²) in [7, 11) is 1.71. The summed E-state index contributed by atoms with van der Waals surface area (Å²) in [6.45, 7) is 9.72. The second kappa shape index (κ2) is 14.1. The van der Waals surface area contributed by atoms with Crippen LogP contribution in [0.15, 0.2) is 11.6 Å². The Morgan fingerprint density at radius 1 is 1.00 bits per heavy atom. The number of esters is 2. The lowest BCUT2D eigenvalue weighted by atomic mass is 9.68. The first-order valence-electron chi connectivity index (χ1n) is 14.6. The quantitative estimate of drug-likeness (QED) is 0.0991. The Kier molecular flexibility index (Phi) is 11.5. The molecule has 7 heteroatoms. The van der Waals surface area contributed by atoms with Gasteiger partial charge in [0.1, 0.15) is 23.4 Å². The van der Waals surface area contributed by atoms with Crippen molar-refractivity contribution in [2.24, 2.45) is 5.92 Å². The van der Waals surface area contributed by atoms with Gasteiger partial charge in [-0.1, -0.05) is 50.7 Å². The van der Waals surface area contributed by atoms with Crippen LogP contribution in [0, 0.1) is 5.92 Å². The lowest BCUT2D eigenvalue weighted by molar-refractivity contribution is -0.172. The van der Waals surface area contributed by atoms with Crippen molar-refractivity contribution in [3.05, 3.63) is 11.6 Å². The first kappa shape index (κ1) is 30.1. The second-order valence-electron chi connectivity index (χ2n) is 11.6. The topological polar surface area (TPSA) is 86.9 Å². The molecule has 212 valence electrons. The SMILES string of the molecule is CCCCOC(=O)CCCCCCCCC(=O)O[C@@H]1CC[C@]2(CO2)[C@@H](C2(C)O[C@@H]2CC=C(C)C)[C@@H]1OC. The molecule has 2 aliphatic heterocycles. The van der Waals surface area contributed by atoms with Gasteiger partial charge in [0.2, 0.25) is 0 Å². The number of methoxy groups -OCH3 is 1. The zero-order chi connectivity index (χ0) is 26.9. The van der Waals surface area contributed by atoms with Crippen molar-refractivity contribution in [3.63, 3.8) is 0 Å². The van der Waals surface area contributed by atoms with E-state index in [1.54, 1.807) is 7.11 Å². The molecular weight excluding hydrogens is 472 g/mol. The molecule has 2 heterocycles. The van der Waals surface area contributed by atoms with Gasteiger partial charge >= 0.3 is 11.9 Å². The molecule has 2 saturated heterocycles. The zero-order valence-corrected chi connectivity index (χ0v) is 23.9. The fourth-order valence-corrected chi connectivity index (χ4v) is 5.95. The minimum absolute atomic E-state index is 0.0519. The second-order valence-corrected chi connectivity index (χ2v) is 11.6. The number of carbonyl (C=O) groups is 2. The fraction of sp³-hybridized carbons (Fsp3) is 0.867. The largest absolute Gasteiger partial charge is 0.466 e. The van der Waals surface area contributed by atoms with Crippen LogP contribution >= 0.6 is 0 Å².